The molecule has 12 heteroatoms. The molecule has 2 aromatic heterocycles. The van der Waals surface area contributed by atoms with Gasteiger partial charge in [-0.05, 0) is 79.6 Å². The maximum absolute atomic E-state index is 12.7. The van der Waals surface area contributed by atoms with Crippen LogP contribution < -0.4 is 4.74 Å². The highest BCUT2D eigenvalue weighted by Gasteiger charge is 2.31. The fourth-order valence-electron chi connectivity index (χ4n) is 4.41. The lowest BCUT2D eigenvalue weighted by molar-refractivity contribution is -0.274. The summed E-state index contributed by atoms with van der Waals surface area (Å²) in [6.07, 6.45) is -2.01. The summed E-state index contributed by atoms with van der Waals surface area (Å²) < 4.78 is 74.1. The zero-order valence-corrected chi connectivity index (χ0v) is 23.8. The summed E-state index contributed by atoms with van der Waals surface area (Å²) in [6, 6.07) is 18.8. The number of aliphatic hydroxyl groups is 1. The normalized spacial score (nSPS) is 12.5. The molecule has 0 bridgehead atoms. The highest BCUT2D eigenvalue weighted by molar-refractivity contribution is 7.90. The molecule has 1 N–H and O–H groups in total. The van der Waals surface area contributed by atoms with E-state index in [9.17, 15) is 26.7 Å². The zero-order valence-electron chi connectivity index (χ0n) is 23.0. The van der Waals surface area contributed by atoms with Gasteiger partial charge in [0, 0.05) is 30.5 Å². The minimum Gasteiger partial charge on any atom is -0.440 e. The zero-order chi connectivity index (χ0) is 30.4. The first-order chi connectivity index (χ1) is 19.6. The van der Waals surface area contributed by atoms with Gasteiger partial charge in [0.1, 0.15) is 17.0 Å². The lowest BCUT2D eigenvalue weighted by Crippen LogP contribution is -2.16. The fraction of sp³-hybridized carbons (Fsp3) is 0.200. The first-order valence-electron chi connectivity index (χ1n) is 12.7. The van der Waals surface area contributed by atoms with Crippen LogP contribution in [0, 0.1) is 6.92 Å². The number of hydrogen-bond donors (Lipinski definition) is 1. The lowest BCUT2D eigenvalue weighted by Gasteiger charge is -2.15. The van der Waals surface area contributed by atoms with Crippen molar-refractivity contribution in [3.05, 3.63) is 90.6 Å². The van der Waals surface area contributed by atoms with Crippen molar-refractivity contribution in [1.29, 1.82) is 0 Å². The Labute approximate surface area is 240 Å². The minimum atomic E-state index is -4.83. The van der Waals surface area contributed by atoms with Crippen molar-refractivity contribution in [2.24, 2.45) is 0 Å². The average Bonchev–Trinajstić information content (AvgIpc) is 3.55. The smallest absolute Gasteiger partial charge is 0.440 e. The molecule has 5 rings (SSSR count). The number of aromatic nitrogens is 3. The second-order valence-electron chi connectivity index (χ2n) is 10.2. The summed E-state index contributed by atoms with van der Waals surface area (Å²) in [5, 5.41) is 15.0. The number of aryl methyl sites for hydroxylation is 1. The van der Waals surface area contributed by atoms with Crippen molar-refractivity contribution in [1.82, 2.24) is 14.8 Å². The number of ether oxygens (including phenoxy) is 1. The maximum atomic E-state index is 12.7. The predicted molar refractivity (Wildman–Crippen MR) is 150 cm³/mol. The molecule has 2 heterocycles. The molecule has 0 spiro atoms. The van der Waals surface area contributed by atoms with Crippen LogP contribution in [0.15, 0.2) is 88.3 Å². The van der Waals surface area contributed by atoms with Gasteiger partial charge < -0.3 is 14.3 Å². The molecule has 0 atom stereocenters. The largest absolute Gasteiger partial charge is 0.573 e. The molecule has 42 heavy (non-hydrogen) atoms. The quantitative estimate of drug-likeness (QED) is 0.223. The van der Waals surface area contributed by atoms with Crippen LogP contribution in [0.4, 0.5) is 13.2 Å². The van der Waals surface area contributed by atoms with E-state index in [0.29, 0.717) is 51.0 Å². The Morgan fingerprint density at radius 2 is 1.60 bits per heavy atom. The van der Waals surface area contributed by atoms with Crippen LogP contribution in [0.2, 0.25) is 0 Å². The minimum absolute atomic E-state index is 0.157. The van der Waals surface area contributed by atoms with E-state index in [0.717, 1.165) is 6.26 Å². The number of oxazole rings is 1. The van der Waals surface area contributed by atoms with E-state index < -0.39 is 21.8 Å². The van der Waals surface area contributed by atoms with E-state index in [1.54, 1.807) is 74.1 Å². The summed E-state index contributed by atoms with van der Waals surface area (Å²) in [7, 11) is -3.46. The van der Waals surface area contributed by atoms with E-state index in [4.69, 9.17) is 4.42 Å². The van der Waals surface area contributed by atoms with Gasteiger partial charge in [0.2, 0.25) is 0 Å². The Hall–Kier alpha value is -4.42. The van der Waals surface area contributed by atoms with Crippen molar-refractivity contribution >= 4 is 9.84 Å². The van der Waals surface area contributed by atoms with E-state index in [2.05, 4.69) is 14.8 Å². The van der Waals surface area contributed by atoms with E-state index in [1.165, 1.54) is 30.3 Å². The van der Waals surface area contributed by atoms with Crippen LogP contribution in [0.3, 0.4) is 0 Å². The molecule has 5 aromatic rings. The predicted octanol–water partition coefficient (Wildman–Crippen LogP) is 6.70. The second kappa shape index (κ2) is 10.4. The van der Waals surface area contributed by atoms with Crippen molar-refractivity contribution < 1.29 is 35.8 Å². The standard InChI is InChI=1S/C30H26F3N3O5S/c1-18-34-27(19-8-11-22(12-9-19)41-30(31,32)33)28(40-18)24-17-21(20-6-5-7-23(16-20)42(4,38)39)10-13-25(24)36-15-14-26(35-36)29(2,3)37/h5-17,37H,1-4H3. The monoisotopic (exact) mass is 597 g/mol. The molecule has 0 saturated carbocycles. The average molecular weight is 598 g/mol. The third kappa shape index (κ3) is 6.24. The van der Waals surface area contributed by atoms with Crippen molar-refractivity contribution in [3.63, 3.8) is 0 Å². The van der Waals surface area contributed by atoms with Crippen LogP contribution in [0.5, 0.6) is 5.75 Å². The highest BCUT2D eigenvalue weighted by Crippen LogP contribution is 2.39. The summed E-state index contributed by atoms with van der Waals surface area (Å²) in [6.45, 7) is 4.87. The first-order valence-corrected chi connectivity index (χ1v) is 14.5. The van der Waals surface area contributed by atoms with Gasteiger partial charge in [-0.3, -0.25) is 0 Å². The Morgan fingerprint density at radius 3 is 2.21 bits per heavy atom. The number of alkyl halides is 3. The lowest BCUT2D eigenvalue weighted by atomic mass is 9.98. The Bertz CT molecular complexity index is 1870. The molecule has 0 aliphatic carbocycles. The van der Waals surface area contributed by atoms with Gasteiger partial charge in [0.05, 0.1) is 16.3 Å². The Balaban J connectivity index is 1.69. The highest BCUT2D eigenvalue weighted by atomic mass is 32.2. The van der Waals surface area contributed by atoms with Gasteiger partial charge in [-0.2, -0.15) is 5.10 Å². The van der Waals surface area contributed by atoms with E-state index in [-0.39, 0.29) is 10.6 Å². The van der Waals surface area contributed by atoms with Gasteiger partial charge in [-0.25, -0.2) is 18.1 Å². The molecular weight excluding hydrogens is 571 g/mol. The molecular formula is C30H26F3N3O5S. The molecule has 8 nitrogen and oxygen atoms in total. The van der Waals surface area contributed by atoms with Gasteiger partial charge in [0.25, 0.3) is 0 Å². The van der Waals surface area contributed by atoms with Crippen LogP contribution in [-0.2, 0) is 15.4 Å². The van der Waals surface area contributed by atoms with Crippen LogP contribution in [0.25, 0.3) is 39.4 Å². The third-order valence-electron chi connectivity index (χ3n) is 6.39. The number of halogens is 3. The molecule has 0 amide bonds. The summed E-state index contributed by atoms with van der Waals surface area (Å²) in [5.41, 5.74) is 2.45. The number of benzene rings is 3. The van der Waals surface area contributed by atoms with Gasteiger partial charge in [-0.15, -0.1) is 13.2 Å². The van der Waals surface area contributed by atoms with Crippen molar-refractivity contribution in [2.75, 3.05) is 6.26 Å². The SMILES string of the molecule is Cc1nc(-c2ccc(OC(F)(F)F)cc2)c(-c2cc(-c3cccc(S(C)(=O)=O)c3)ccc2-n2ccc(C(C)(C)O)n2)o1. The molecule has 0 aliphatic rings. The number of hydrogen-bond acceptors (Lipinski definition) is 7. The van der Waals surface area contributed by atoms with Crippen molar-refractivity contribution in [2.45, 2.75) is 37.6 Å². The van der Waals surface area contributed by atoms with Gasteiger partial charge in [-0.1, -0.05) is 18.2 Å². The molecule has 0 aliphatic heterocycles. The topological polar surface area (TPSA) is 107 Å². The van der Waals surface area contributed by atoms with Crippen LogP contribution >= 0.6 is 0 Å². The molecule has 0 unspecified atom stereocenters. The molecule has 0 radical (unpaired) electrons. The maximum Gasteiger partial charge on any atom is 0.573 e. The van der Waals surface area contributed by atoms with E-state index in [1.807, 2.05) is 0 Å². The molecule has 3 aromatic carbocycles. The fourth-order valence-corrected chi connectivity index (χ4v) is 5.07. The van der Waals surface area contributed by atoms with Gasteiger partial charge in [0.15, 0.2) is 21.5 Å². The van der Waals surface area contributed by atoms with Crippen molar-refractivity contribution in [3.8, 4) is 45.1 Å². The Morgan fingerprint density at radius 1 is 0.929 bits per heavy atom. The number of nitrogens with zero attached hydrogens (tertiary/aromatic N) is 3. The second-order valence-corrected chi connectivity index (χ2v) is 12.2. The van der Waals surface area contributed by atoms with Crippen LogP contribution in [0.1, 0.15) is 25.4 Å². The van der Waals surface area contributed by atoms with Crippen LogP contribution in [-0.4, -0.2) is 40.9 Å². The number of rotatable bonds is 7. The third-order valence-corrected chi connectivity index (χ3v) is 7.51. The molecule has 218 valence electrons. The Kier molecular flexibility index (Phi) is 7.23. The van der Waals surface area contributed by atoms with E-state index >= 15 is 0 Å². The summed E-state index contributed by atoms with van der Waals surface area (Å²) in [5.74, 6) is 0.245. The molecule has 0 saturated heterocycles. The summed E-state index contributed by atoms with van der Waals surface area (Å²) in [4.78, 5) is 4.67. The summed E-state index contributed by atoms with van der Waals surface area (Å²) >= 11 is 0. The first kappa shape index (κ1) is 29.1. The van der Waals surface area contributed by atoms with Gasteiger partial charge >= 0.3 is 6.36 Å². The molecule has 0 fully saturated rings. The number of sulfone groups is 1.